The van der Waals surface area contributed by atoms with E-state index in [0.29, 0.717) is 17.1 Å². The zero-order valence-electron chi connectivity index (χ0n) is 12.6. The van der Waals surface area contributed by atoms with Gasteiger partial charge < -0.3 is 14.2 Å². The first-order valence-electron chi connectivity index (χ1n) is 6.56. The van der Waals surface area contributed by atoms with Crippen molar-refractivity contribution in [3.05, 3.63) is 59.2 Å². The average Bonchev–Trinajstić information content (AvgIpc) is 2.59. The molecule has 0 amide bonds. The van der Waals surface area contributed by atoms with Crippen LogP contribution in [0.3, 0.4) is 0 Å². The van der Waals surface area contributed by atoms with Crippen molar-refractivity contribution in [3.63, 3.8) is 0 Å². The van der Waals surface area contributed by atoms with Crippen LogP contribution in [-0.4, -0.2) is 33.1 Å². The van der Waals surface area contributed by atoms with Crippen LogP contribution in [0, 0.1) is 0 Å². The SMILES string of the molecule is COC(=O)c1ccccc1C(=O)c1ccc(OC)c(OC)c1. The number of hydrogen-bond donors (Lipinski definition) is 0. The van der Waals surface area contributed by atoms with Crippen LogP contribution in [0.1, 0.15) is 26.3 Å². The Morgan fingerprint density at radius 2 is 1.45 bits per heavy atom. The highest BCUT2D eigenvalue weighted by atomic mass is 16.5. The third-order valence-corrected chi connectivity index (χ3v) is 3.22. The Bertz CT molecular complexity index is 706. The molecule has 0 aliphatic carbocycles. The van der Waals surface area contributed by atoms with Gasteiger partial charge in [0, 0.05) is 11.1 Å². The highest BCUT2D eigenvalue weighted by Gasteiger charge is 2.19. The summed E-state index contributed by atoms with van der Waals surface area (Å²) in [6.45, 7) is 0. The normalized spacial score (nSPS) is 9.95. The first kappa shape index (κ1) is 15.6. The predicted octanol–water partition coefficient (Wildman–Crippen LogP) is 2.72. The molecule has 0 saturated carbocycles. The largest absolute Gasteiger partial charge is 0.493 e. The number of ether oxygens (including phenoxy) is 3. The van der Waals surface area contributed by atoms with Crippen molar-refractivity contribution >= 4 is 11.8 Å². The van der Waals surface area contributed by atoms with Crippen molar-refractivity contribution in [1.82, 2.24) is 0 Å². The van der Waals surface area contributed by atoms with E-state index in [4.69, 9.17) is 14.2 Å². The van der Waals surface area contributed by atoms with Gasteiger partial charge in [0.15, 0.2) is 17.3 Å². The minimum atomic E-state index is -0.551. The van der Waals surface area contributed by atoms with Gasteiger partial charge in [-0.3, -0.25) is 4.79 Å². The van der Waals surface area contributed by atoms with Crippen molar-refractivity contribution in [2.75, 3.05) is 21.3 Å². The lowest BCUT2D eigenvalue weighted by Gasteiger charge is -2.10. The van der Waals surface area contributed by atoms with Crippen LogP contribution in [0.2, 0.25) is 0 Å². The molecule has 22 heavy (non-hydrogen) atoms. The van der Waals surface area contributed by atoms with Crippen LogP contribution >= 0.6 is 0 Å². The van der Waals surface area contributed by atoms with Gasteiger partial charge >= 0.3 is 5.97 Å². The number of rotatable bonds is 5. The second-order valence-corrected chi connectivity index (χ2v) is 4.44. The molecular formula is C17H16O5. The molecule has 0 atom stereocenters. The fourth-order valence-corrected chi connectivity index (χ4v) is 2.10. The topological polar surface area (TPSA) is 61.8 Å². The monoisotopic (exact) mass is 300 g/mol. The zero-order valence-corrected chi connectivity index (χ0v) is 12.6. The molecule has 0 N–H and O–H groups in total. The Hall–Kier alpha value is -2.82. The highest BCUT2D eigenvalue weighted by molar-refractivity contribution is 6.14. The van der Waals surface area contributed by atoms with E-state index < -0.39 is 5.97 Å². The lowest BCUT2D eigenvalue weighted by atomic mass is 9.98. The van der Waals surface area contributed by atoms with E-state index in [1.165, 1.54) is 21.3 Å². The maximum atomic E-state index is 12.7. The molecule has 0 unspecified atom stereocenters. The number of carbonyl (C=O) groups is 2. The maximum absolute atomic E-state index is 12.7. The number of esters is 1. The first-order chi connectivity index (χ1) is 10.6. The molecule has 5 nitrogen and oxygen atoms in total. The summed E-state index contributed by atoms with van der Waals surface area (Å²) in [6.07, 6.45) is 0. The molecule has 0 aliphatic heterocycles. The van der Waals surface area contributed by atoms with E-state index >= 15 is 0 Å². The maximum Gasteiger partial charge on any atom is 0.338 e. The Labute approximate surface area is 128 Å². The molecule has 0 spiro atoms. The molecule has 2 aromatic rings. The summed E-state index contributed by atoms with van der Waals surface area (Å²) < 4.78 is 15.0. The number of benzene rings is 2. The van der Waals surface area contributed by atoms with Gasteiger partial charge in [-0.05, 0) is 24.3 Å². The molecule has 0 aromatic heterocycles. The lowest BCUT2D eigenvalue weighted by Crippen LogP contribution is -2.11. The summed E-state index contributed by atoms with van der Waals surface area (Å²) in [5.41, 5.74) is 0.903. The molecule has 0 radical (unpaired) electrons. The van der Waals surface area contributed by atoms with Crippen LogP contribution in [0.4, 0.5) is 0 Å². The first-order valence-corrected chi connectivity index (χ1v) is 6.56. The third-order valence-electron chi connectivity index (χ3n) is 3.22. The number of ketones is 1. The Balaban J connectivity index is 2.47. The van der Waals surface area contributed by atoms with Gasteiger partial charge in [-0.15, -0.1) is 0 Å². The summed E-state index contributed by atoms with van der Waals surface area (Å²) >= 11 is 0. The molecule has 2 aromatic carbocycles. The molecule has 0 fully saturated rings. The summed E-state index contributed by atoms with van der Waals surface area (Å²) in [4.78, 5) is 24.4. The van der Waals surface area contributed by atoms with Gasteiger partial charge in [0.25, 0.3) is 0 Å². The van der Waals surface area contributed by atoms with Crippen LogP contribution in [0.5, 0.6) is 11.5 Å². The minimum Gasteiger partial charge on any atom is -0.493 e. The molecular weight excluding hydrogens is 284 g/mol. The van der Waals surface area contributed by atoms with E-state index in [9.17, 15) is 9.59 Å². The van der Waals surface area contributed by atoms with Crippen LogP contribution in [0.15, 0.2) is 42.5 Å². The molecule has 114 valence electrons. The van der Waals surface area contributed by atoms with Gasteiger partial charge in [0.1, 0.15) is 0 Å². The van der Waals surface area contributed by atoms with E-state index in [1.807, 2.05) is 0 Å². The summed E-state index contributed by atoms with van der Waals surface area (Å²) in [7, 11) is 4.29. The number of hydrogen-bond acceptors (Lipinski definition) is 5. The quantitative estimate of drug-likeness (QED) is 0.627. The van der Waals surface area contributed by atoms with Crippen molar-refractivity contribution in [2.24, 2.45) is 0 Å². The average molecular weight is 300 g/mol. The van der Waals surface area contributed by atoms with Crippen LogP contribution in [-0.2, 0) is 4.74 Å². The standard InChI is InChI=1S/C17H16O5/c1-20-14-9-8-11(10-15(14)21-2)16(18)12-6-4-5-7-13(12)17(19)22-3/h4-10H,1-3H3. The summed E-state index contributed by atoms with van der Waals surface area (Å²) in [5.74, 6) is 0.135. The van der Waals surface area contributed by atoms with Gasteiger partial charge in [0.05, 0.1) is 26.9 Å². The molecule has 5 heteroatoms. The van der Waals surface area contributed by atoms with Crippen molar-refractivity contribution in [2.45, 2.75) is 0 Å². The predicted molar refractivity (Wildman–Crippen MR) is 80.8 cm³/mol. The second kappa shape index (κ2) is 6.76. The highest BCUT2D eigenvalue weighted by Crippen LogP contribution is 2.29. The van der Waals surface area contributed by atoms with E-state index in [2.05, 4.69) is 0 Å². The van der Waals surface area contributed by atoms with E-state index in [1.54, 1.807) is 42.5 Å². The lowest BCUT2D eigenvalue weighted by molar-refractivity contribution is 0.0597. The fraction of sp³-hybridized carbons (Fsp3) is 0.176. The van der Waals surface area contributed by atoms with E-state index in [0.717, 1.165) is 0 Å². The molecule has 0 saturated heterocycles. The third kappa shape index (κ3) is 2.93. The minimum absolute atomic E-state index is 0.227. The Morgan fingerprint density at radius 1 is 0.818 bits per heavy atom. The number of carbonyl (C=O) groups excluding carboxylic acids is 2. The summed E-state index contributed by atoms with van der Waals surface area (Å²) in [5, 5.41) is 0. The smallest absolute Gasteiger partial charge is 0.338 e. The fourth-order valence-electron chi connectivity index (χ4n) is 2.10. The van der Waals surface area contributed by atoms with E-state index in [-0.39, 0.29) is 16.9 Å². The second-order valence-electron chi connectivity index (χ2n) is 4.44. The van der Waals surface area contributed by atoms with Gasteiger partial charge in [-0.25, -0.2) is 4.79 Å². The van der Waals surface area contributed by atoms with Crippen LogP contribution < -0.4 is 9.47 Å². The summed E-state index contributed by atoms with van der Waals surface area (Å²) in [6, 6.07) is 11.4. The Morgan fingerprint density at radius 3 is 2.05 bits per heavy atom. The van der Waals surface area contributed by atoms with Crippen molar-refractivity contribution in [3.8, 4) is 11.5 Å². The van der Waals surface area contributed by atoms with Gasteiger partial charge in [0.2, 0.25) is 0 Å². The van der Waals surface area contributed by atoms with Crippen molar-refractivity contribution in [1.29, 1.82) is 0 Å². The molecule has 0 bridgehead atoms. The molecule has 0 aliphatic rings. The van der Waals surface area contributed by atoms with Gasteiger partial charge in [-0.2, -0.15) is 0 Å². The molecule has 0 heterocycles. The number of methoxy groups -OCH3 is 3. The van der Waals surface area contributed by atoms with Crippen molar-refractivity contribution < 1.29 is 23.8 Å². The van der Waals surface area contributed by atoms with Gasteiger partial charge in [-0.1, -0.05) is 18.2 Å². The molecule has 2 rings (SSSR count). The Kier molecular flexibility index (Phi) is 4.78. The zero-order chi connectivity index (χ0) is 16.1. The van der Waals surface area contributed by atoms with Crippen LogP contribution in [0.25, 0.3) is 0 Å².